The van der Waals surface area contributed by atoms with Crippen LogP contribution in [0, 0.1) is 5.92 Å². The maximum atomic E-state index is 3.60. The van der Waals surface area contributed by atoms with Gasteiger partial charge in [-0.05, 0) is 50.8 Å². The number of nitrogens with one attached hydrogen (secondary N) is 1. The molecule has 1 nitrogen and oxygen atoms in total. The van der Waals surface area contributed by atoms with Crippen LogP contribution in [0.25, 0.3) is 0 Å². The second kappa shape index (κ2) is 6.02. The Balaban J connectivity index is 1.98. The number of rotatable bonds is 6. The van der Waals surface area contributed by atoms with E-state index >= 15 is 0 Å². The molecular formula is C12H25NS. The molecule has 84 valence electrons. The molecule has 0 aromatic carbocycles. The van der Waals surface area contributed by atoms with Crippen LogP contribution in [0.3, 0.4) is 0 Å². The number of hydrogen-bond acceptors (Lipinski definition) is 2. The smallest absolute Gasteiger partial charge is 0.0256 e. The molecule has 1 aliphatic rings. The van der Waals surface area contributed by atoms with Crippen molar-refractivity contribution in [1.29, 1.82) is 0 Å². The van der Waals surface area contributed by atoms with Crippen molar-refractivity contribution in [1.82, 2.24) is 5.32 Å². The molecule has 0 saturated carbocycles. The van der Waals surface area contributed by atoms with E-state index in [9.17, 15) is 0 Å². The zero-order valence-electron chi connectivity index (χ0n) is 9.94. The van der Waals surface area contributed by atoms with Crippen molar-refractivity contribution < 1.29 is 0 Å². The van der Waals surface area contributed by atoms with Gasteiger partial charge >= 0.3 is 0 Å². The van der Waals surface area contributed by atoms with Crippen LogP contribution < -0.4 is 5.32 Å². The molecule has 14 heavy (non-hydrogen) atoms. The molecule has 0 aromatic rings. The molecule has 1 unspecified atom stereocenters. The predicted octanol–water partition coefficient (Wildman–Crippen LogP) is 3.30. The van der Waals surface area contributed by atoms with Crippen LogP contribution in [-0.4, -0.2) is 23.6 Å². The second-order valence-electron chi connectivity index (χ2n) is 5.11. The summed E-state index contributed by atoms with van der Waals surface area (Å²) in [6, 6.07) is 0. The third-order valence-corrected chi connectivity index (χ3v) is 4.47. The van der Waals surface area contributed by atoms with E-state index in [0.29, 0.717) is 4.75 Å². The molecule has 1 fully saturated rings. The van der Waals surface area contributed by atoms with Gasteiger partial charge in [0.25, 0.3) is 0 Å². The maximum absolute atomic E-state index is 3.60. The summed E-state index contributed by atoms with van der Waals surface area (Å²) in [5, 5.41) is 3.60. The number of thioether (sulfide) groups is 1. The van der Waals surface area contributed by atoms with Gasteiger partial charge < -0.3 is 5.32 Å². The van der Waals surface area contributed by atoms with Gasteiger partial charge in [0.2, 0.25) is 0 Å². The van der Waals surface area contributed by atoms with Gasteiger partial charge in [0.1, 0.15) is 0 Å². The first-order valence-corrected chi connectivity index (χ1v) is 6.96. The van der Waals surface area contributed by atoms with Gasteiger partial charge in [-0.15, -0.1) is 0 Å². The fourth-order valence-corrected chi connectivity index (χ4v) is 3.24. The normalized spacial score (nSPS) is 27.4. The van der Waals surface area contributed by atoms with Gasteiger partial charge in [-0.25, -0.2) is 0 Å². The average Bonchev–Trinajstić information content (AvgIpc) is 2.51. The highest BCUT2D eigenvalue weighted by Gasteiger charge is 2.28. The van der Waals surface area contributed by atoms with Gasteiger partial charge in [0.15, 0.2) is 0 Å². The van der Waals surface area contributed by atoms with Crippen LogP contribution in [-0.2, 0) is 0 Å². The van der Waals surface area contributed by atoms with E-state index in [1.54, 1.807) is 0 Å². The fraction of sp³-hybridized carbons (Fsp3) is 1.00. The van der Waals surface area contributed by atoms with Gasteiger partial charge in [0, 0.05) is 11.3 Å². The summed E-state index contributed by atoms with van der Waals surface area (Å²) >= 11 is 2.15. The van der Waals surface area contributed by atoms with Crippen molar-refractivity contribution in [3.8, 4) is 0 Å². The van der Waals surface area contributed by atoms with Gasteiger partial charge in [-0.1, -0.05) is 13.8 Å². The molecule has 1 aliphatic heterocycles. The van der Waals surface area contributed by atoms with Gasteiger partial charge in [-0.3, -0.25) is 0 Å². The Bertz CT molecular complexity index is 150. The first-order chi connectivity index (χ1) is 6.62. The van der Waals surface area contributed by atoms with Crippen LogP contribution >= 0.6 is 11.8 Å². The highest BCUT2D eigenvalue weighted by atomic mass is 32.2. The van der Waals surface area contributed by atoms with Crippen LogP contribution in [0.1, 0.15) is 46.5 Å². The van der Waals surface area contributed by atoms with Crippen molar-refractivity contribution in [2.24, 2.45) is 5.92 Å². The minimum absolute atomic E-state index is 0.540. The Kier molecular flexibility index (Phi) is 5.32. The first kappa shape index (κ1) is 12.4. The van der Waals surface area contributed by atoms with E-state index in [4.69, 9.17) is 0 Å². The monoisotopic (exact) mass is 215 g/mol. The van der Waals surface area contributed by atoms with Crippen LogP contribution in [0.5, 0.6) is 0 Å². The van der Waals surface area contributed by atoms with E-state index in [0.717, 1.165) is 5.92 Å². The lowest BCUT2D eigenvalue weighted by Crippen LogP contribution is -2.33. The SMILES string of the molecule is CC(C)CCCNCC1(C)CCCS1. The molecule has 1 atom stereocenters. The summed E-state index contributed by atoms with van der Waals surface area (Å²) in [6.07, 6.45) is 5.50. The topological polar surface area (TPSA) is 12.0 Å². The maximum Gasteiger partial charge on any atom is 0.0256 e. The van der Waals surface area contributed by atoms with Gasteiger partial charge in [0.05, 0.1) is 0 Å². The fourth-order valence-electron chi connectivity index (χ4n) is 1.96. The molecule has 1 saturated heterocycles. The molecule has 0 aliphatic carbocycles. The minimum Gasteiger partial charge on any atom is -0.315 e. The van der Waals surface area contributed by atoms with Crippen LogP contribution in [0.2, 0.25) is 0 Å². The highest BCUT2D eigenvalue weighted by molar-refractivity contribution is 8.00. The van der Waals surface area contributed by atoms with Gasteiger partial charge in [-0.2, -0.15) is 11.8 Å². The summed E-state index contributed by atoms with van der Waals surface area (Å²) in [5.74, 6) is 2.22. The van der Waals surface area contributed by atoms with Crippen molar-refractivity contribution >= 4 is 11.8 Å². The Hall–Kier alpha value is 0.310. The molecular weight excluding hydrogens is 190 g/mol. The highest BCUT2D eigenvalue weighted by Crippen LogP contribution is 2.36. The largest absolute Gasteiger partial charge is 0.315 e. The molecule has 1 rings (SSSR count). The first-order valence-electron chi connectivity index (χ1n) is 5.97. The summed E-state index contributed by atoms with van der Waals surface area (Å²) in [5.41, 5.74) is 0. The zero-order valence-corrected chi connectivity index (χ0v) is 10.8. The predicted molar refractivity (Wildman–Crippen MR) is 67.0 cm³/mol. The summed E-state index contributed by atoms with van der Waals surface area (Å²) in [7, 11) is 0. The zero-order chi connectivity index (χ0) is 10.4. The van der Waals surface area contributed by atoms with Crippen molar-refractivity contribution in [3.05, 3.63) is 0 Å². The Morgan fingerprint density at radius 2 is 2.21 bits per heavy atom. The molecule has 1 heterocycles. The van der Waals surface area contributed by atoms with Crippen LogP contribution in [0.15, 0.2) is 0 Å². The average molecular weight is 215 g/mol. The van der Waals surface area contributed by atoms with Crippen molar-refractivity contribution in [2.75, 3.05) is 18.8 Å². The van der Waals surface area contributed by atoms with E-state index in [1.807, 2.05) is 0 Å². The Morgan fingerprint density at radius 3 is 2.79 bits per heavy atom. The molecule has 0 amide bonds. The lowest BCUT2D eigenvalue weighted by Gasteiger charge is -2.23. The van der Waals surface area contributed by atoms with Crippen molar-refractivity contribution in [2.45, 2.75) is 51.2 Å². The standard InChI is InChI=1S/C12H25NS/c1-11(2)6-4-8-13-10-12(3)7-5-9-14-12/h11,13H,4-10H2,1-3H3. The van der Waals surface area contributed by atoms with Crippen LogP contribution in [0.4, 0.5) is 0 Å². The third-order valence-electron chi connectivity index (χ3n) is 2.93. The summed E-state index contributed by atoms with van der Waals surface area (Å²) < 4.78 is 0.540. The molecule has 0 spiro atoms. The lowest BCUT2D eigenvalue weighted by atomic mass is 10.1. The molecule has 1 N–H and O–H groups in total. The summed E-state index contributed by atoms with van der Waals surface area (Å²) in [6.45, 7) is 9.41. The second-order valence-corrected chi connectivity index (χ2v) is 6.80. The molecule has 0 aromatic heterocycles. The third kappa shape index (κ3) is 4.70. The summed E-state index contributed by atoms with van der Waals surface area (Å²) in [4.78, 5) is 0. The lowest BCUT2D eigenvalue weighted by molar-refractivity contribution is 0.494. The Morgan fingerprint density at radius 1 is 1.43 bits per heavy atom. The van der Waals surface area contributed by atoms with E-state index < -0.39 is 0 Å². The Labute approximate surface area is 93.4 Å². The van der Waals surface area contributed by atoms with E-state index in [1.165, 1.54) is 44.5 Å². The van der Waals surface area contributed by atoms with E-state index in [2.05, 4.69) is 37.8 Å². The van der Waals surface area contributed by atoms with Crippen molar-refractivity contribution in [3.63, 3.8) is 0 Å². The number of hydrogen-bond donors (Lipinski definition) is 1. The molecule has 0 bridgehead atoms. The minimum atomic E-state index is 0.540. The molecule has 2 heteroatoms. The quantitative estimate of drug-likeness (QED) is 0.682. The molecule has 0 radical (unpaired) electrons. The van der Waals surface area contributed by atoms with E-state index in [-0.39, 0.29) is 0 Å².